The fraction of sp³-hybridized carbons (Fsp3) is 0.182. The molecule has 1 aromatic carbocycles. The number of nitrogens with two attached hydrogens (primary N) is 2. The quantitative estimate of drug-likeness (QED) is 0.790. The number of carbonyl (C=O) groups is 1. The molecule has 0 aliphatic heterocycles. The third-order valence-electron chi connectivity index (χ3n) is 2.25. The Balaban J connectivity index is 2.31. The van der Waals surface area contributed by atoms with Crippen LogP contribution in [0.2, 0.25) is 0 Å². The molecule has 1 heterocycles. The molecule has 1 aromatic heterocycles. The molecule has 0 unspecified atom stereocenters. The summed E-state index contributed by atoms with van der Waals surface area (Å²) < 4.78 is 4.95. The van der Waals surface area contributed by atoms with Gasteiger partial charge in [0.1, 0.15) is 0 Å². The van der Waals surface area contributed by atoms with Gasteiger partial charge >= 0.3 is 0 Å². The molecule has 4 N–H and O–H groups in total. The first-order valence-electron chi connectivity index (χ1n) is 5.13. The normalized spacial score (nSPS) is 10.4. The highest BCUT2D eigenvalue weighted by molar-refractivity contribution is 5.89. The van der Waals surface area contributed by atoms with Gasteiger partial charge < -0.3 is 16.0 Å². The van der Waals surface area contributed by atoms with E-state index in [-0.39, 0.29) is 11.7 Å². The molecule has 1 amide bonds. The lowest BCUT2D eigenvalue weighted by Crippen LogP contribution is -2.12. The Labute approximate surface area is 97.6 Å². The highest BCUT2D eigenvalue weighted by Crippen LogP contribution is 2.18. The van der Waals surface area contributed by atoms with Crippen LogP contribution in [0.5, 0.6) is 0 Å². The summed E-state index contributed by atoms with van der Waals surface area (Å²) in [5, 5.41) is 3.48. The van der Waals surface area contributed by atoms with E-state index in [1.165, 1.54) is 0 Å². The van der Waals surface area contributed by atoms with Gasteiger partial charge in [-0.1, -0.05) is 17.3 Å². The van der Waals surface area contributed by atoms with Gasteiger partial charge in [0.05, 0.1) is 0 Å². The molecule has 0 aliphatic carbocycles. The third kappa shape index (κ3) is 2.48. The van der Waals surface area contributed by atoms with Gasteiger partial charge in [0.25, 0.3) is 17.6 Å². The van der Waals surface area contributed by atoms with E-state index in [9.17, 15) is 4.79 Å². The van der Waals surface area contributed by atoms with Crippen molar-refractivity contribution >= 4 is 5.91 Å². The number of amides is 1. The zero-order valence-electron chi connectivity index (χ0n) is 9.09. The van der Waals surface area contributed by atoms with Gasteiger partial charge in [-0.05, 0) is 30.7 Å². The maximum atomic E-state index is 10.8. The first kappa shape index (κ1) is 11.3. The molecule has 0 spiro atoms. The van der Waals surface area contributed by atoms with Crippen LogP contribution in [0.1, 0.15) is 16.2 Å². The standard InChI is InChI=1S/C11H12N4O2/c12-5-4-7-2-1-3-8(6-7)11-14-10(9(13)16)15-17-11/h1-3,6H,4-5,12H2,(H2,13,16). The van der Waals surface area contributed by atoms with Crippen molar-refractivity contribution < 1.29 is 9.32 Å². The van der Waals surface area contributed by atoms with Gasteiger partial charge in [-0.15, -0.1) is 0 Å². The van der Waals surface area contributed by atoms with E-state index < -0.39 is 5.91 Å². The lowest BCUT2D eigenvalue weighted by atomic mass is 10.1. The van der Waals surface area contributed by atoms with Crippen molar-refractivity contribution in [2.24, 2.45) is 11.5 Å². The molecule has 6 heteroatoms. The van der Waals surface area contributed by atoms with Crippen LogP contribution in [-0.4, -0.2) is 22.6 Å². The molecule has 0 saturated heterocycles. The summed E-state index contributed by atoms with van der Waals surface area (Å²) in [6.07, 6.45) is 0.769. The molecule has 0 saturated carbocycles. The Morgan fingerprint density at radius 3 is 2.88 bits per heavy atom. The predicted molar refractivity (Wildman–Crippen MR) is 61.0 cm³/mol. The van der Waals surface area contributed by atoms with Gasteiger partial charge in [-0.25, -0.2) is 0 Å². The fourth-order valence-electron chi connectivity index (χ4n) is 1.47. The van der Waals surface area contributed by atoms with E-state index in [4.69, 9.17) is 16.0 Å². The lowest BCUT2D eigenvalue weighted by molar-refractivity contribution is 0.0987. The third-order valence-corrected chi connectivity index (χ3v) is 2.25. The number of benzene rings is 1. The Hall–Kier alpha value is -2.21. The van der Waals surface area contributed by atoms with E-state index >= 15 is 0 Å². The zero-order valence-corrected chi connectivity index (χ0v) is 9.09. The molecule has 17 heavy (non-hydrogen) atoms. The van der Waals surface area contributed by atoms with Crippen molar-refractivity contribution in [3.8, 4) is 11.5 Å². The number of carbonyl (C=O) groups excluding carboxylic acids is 1. The van der Waals surface area contributed by atoms with Crippen LogP contribution in [0.4, 0.5) is 0 Å². The largest absolute Gasteiger partial charge is 0.363 e. The number of aromatic nitrogens is 2. The molecular weight excluding hydrogens is 220 g/mol. The van der Waals surface area contributed by atoms with Crippen LogP contribution in [-0.2, 0) is 6.42 Å². The van der Waals surface area contributed by atoms with Crippen molar-refractivity contribution in [3.63, 3.8) is 0 Å². The summed E-state index contributed by atoms with van der Waals surface area (Å²) >= 11 is 0. The van der Waals surface area contributed by atoms with E-state index in [0.717, 1.165) is 17.5 Å². The molecule has 2 rings (SSSR count). The number of primary amides is 1. The maximum Gasteiger partial charge on any atom is 0.290 e. The summed E-state index contributed by atoms with van der Waals surface area (Å²) in [4.78, 5) is 14.7. The summed E-state index contributed by atoms with van der Waals surface area (Å²) in [5.74, 6) is -0.556. The van der Waals surface area contributed by atoms with Gasteiger partial charge in [0.15, 0.2) is 0 Å². The minimum absolute atomic E-state index is 0.121. The van der Waals surface area contributed by atoms with Gasteiger partial charge in [-0.3, -0.25) is 4.79 Å². The highest BCUT2D eigenvalue weighted by atomic mass is 16.5. The van der Waals surface area contributed by atoms with Crippen molar-refractivity contribution in [2.45, 2.75) is 6.42 Å². The number of hydrogen-bond donors (Lipinski definition) is 2. The van der Waals surface area contributed by atoms with Crippen molar-refractivity contribution in [1.29, 1.82) is 0 Å². The molecule has 2 aromatic rings. The molecular formula is C11H12N4O2. The fourth-order valence-corrected chi connectivity index (χ4v) is 1.47. The Morgan fingerprint density at radius 2 is 2.24 bits per heavy atom. The average molecular weight is 232 g/mol. The molecule has 0 radical (unpaired) electrons. The molecule has 0 fully saturated rings. The SMILES string of the molecule is NCCc1cccc(-c2nc(C(N)=O)no2)c1. The van der Waals surface area contributed by atoms with Crippen LogP contribution >= 0.6 is 0 Å². The van der Waals surface area contributed by atoms with E-state index in [2.05, 4.69) is 10.1 Å². The second kappa shape index (κ2) is 4.75. The minimum Gasteiger partial charge on any atom is -0.363 e. The Bertz CT molecular complexity index is 536. The first-order chi connectivity index (χ1) is 8.20. The average Bonchev–Trinajstić information content (AvgIpc) is 2.79. The second-order valence-electron chi connectivity index (χ2n) is 3.53. The number of hydrogen-bond acceptors (Lipinski definition) is 5. The molecule has 88 valence electrons. The van der Waals surface area contributed by atoms with Crippen LogP contribution in [0.3, 0.4) is 0 Å². The van der Waals surface area contributed by atoms with Crippen LogP contribution < -0.4 is 11.5 Å². The van der Waals surface area contributed by atoms with Gasteiger partial charge in [-0.2, -0.15) is 4.98 Å². The smallest absolute Gasteiger partial charge is 0.290 e. The van der Waals surface area contributed by atoms with Gasteiger partial charge in [0.2, 0.25) is 0 Å². The summed E-state index contributed by atoms with van der Waals surface area (Å²) in [6, 6.07) is 7.54. The Morgan fingerprint density at radius 1 is 1.41 bits per heavy atom. The summed E-state index contributed by atoms with van der Waals surface area (Å²) in [6.45, 7) is 0.569. The lowest BCUT2D eigenvalue weighted by Gasteiger charge is -1.99. The molecule has 0 atom stereocenters. The zero-order chi connectivity index (χ0) is 12.3. The summed E-state index contributed by atoms with van der Waals surface area (Å²) in [5.41, 5.74) is 12.3. The minimum atomic E-state index is -0.710. The first-order valence-corrected chi connectivity index (χ1v) is 5.13. The predicted octanol–water partition coefficient (Wildman–Crippen LogP) is 0.337. The molecule has 6 nitrogen and oxygen atoms in total. The van der Waals surface area contributed by atoms with Crippen molar-refractivity contribution in [3.05, 3.63) is 35.7 Å². The maximum absolute atomic E-state index is 10.8. The van der Waals surface area contributed by atoms with Crippen LogP contribution in [0, 0.1) is 0 Å². The number of nitrogens with zero attached hydrogens (tertiary/aromatic N) is 2. The van der Waals surface area contributed by atoms with E-state index in [1.54, 1.807) is 0 Å². The highest BCUT2D eigenvalue weighted by Gasteiger charge is 2.12. The number of rotatable bonds is 4. The monoisotopic (exact) mass is 232 g/mol. The van der Waals surface area contributed by atoms with E-state index in [1.807, 2.05) is 24.3 Å². The molecule has 0 bridgehead atoms. The van der Waals surface area contributed by atoms with Gasteiger partial charge in [0, 0.05) is 5.56 Å². The van der Waals surface area contributed by atoms with Crippen LogP contribution in [0.25, 0.3) is 11.5 Å². The summed E-state index contributed by atoms with van der Waals surface area (Å²) in [7, 11) is 0. The van der Waals surface area contributed by atoms with E-state index in [0.29, 0.717) is 6.54 Å². The second-order valence-corrected chi connectivity index (χ2v) is 3.53. The molecule has 0 aliphatic rings. The Kier molecular flexibility index (Phi) is 3.15. The van der Waals surface area contributed by atoms with Crippen molar-refractivity contribution in [1.82, 2.24) is 10.1 Å². The van der Waals surface area contributed by atoms with Crippen LogP contribution in [0.15, 0.2) is 28.8 Å². The topological polar surface area (TPSA) is 108 Å². The van der Waals surface area contributed by atoms with Crippen molar-refractivity contribution in [2.75, 3.05) is 6.54 Å².